The maximum atomic E-state index is 11.4. The van der Waals surface area contributed by atoms with Crippen LogP contribution in [0.5, 0.6) is 0 Å². The van der Waals surface area contributed by atoms with E-state index in [-0.39, 0.29) is 5.69 Å². The lowest BCUT2D eigenvalue weighted by atomic mass is 10.1. The lowest BCUT2D eigenvalue weighted by Crippen LogP contribution is -2.05. The van der Waals surface area contributed by atoms with Crippen molar-refractivity contribution in [1.82, 2.24) is 9.78 Å². The Bertz CT molecular complexity index is 857. The summed E-state index contributed by atoms with van der Waals surface area (Å²) in [6.45, 7) is 2.27. The van der Waals surface area contributed by atoms with Gasteiger partial charge in [-0.1, -0.05) is 54.1 Å². The Morgan fingerprint density at radius 1 is 1.17 bits per heavy atom. The fourth-order valence-electron chi connectivity index (χ4n) is 2.63. The van der Waals surface area contributed by atoms with Gasteiger partial charge in [0.1, 0.15) is 0 Å². The van der Waals surface area contributed by atoms with Gasteiger partial charge in [0.25, 0.3) is 0 Å². The minimum absolute atomic E-state index is 0.0657. The van der Waals surface area contributed by atoms with Crippen LogP contribution in [0.25, 0.3) is 11.3 Å². The van der Waals surface area contributed by atoms with E-state index in [4.69, 9.17) is 11.6 Å². The third-order valence-electron chi connectivity index (χ3n) is 3.67. The van der Waals surface area contributed by atoms with Gasteiger partial charge < -0.3 is 5.11 Å². The van der Waals surface area contributed by atoms with Gasteiger partial charge in [0.15, 0.2) is 5.69 Å². The molecule has 2 aromatic carbocycles. The van der Waals surface area contributed by atoms with Crippen molar-refractivity contribution < 1.29 is 9.90 Å². The third kappa shape index (κ3) is 3.12. The molecule has 4 nitrogen and oxygen atoms in total. The number of rotatable bonds is 4. The smallest absolute Gasteiger partial charge is 0.356 e. The Morgan fingerprint density at radius 3 is 2.57 bits per heavy atom. The van der Waals surface area contributed by atoms with Gasteiger partial charge in [-0.25, -0.2) is 4.79 Å². The predicted octanol–water partition coefficient (Wildman–Crippen LogP) is 4.26. The van der Waals surface area contributed by atoms with Crippen LogP contribution in [-0.2, 0) is 6.54 Å². The van der Waals surface area contributed by atoms with Gasteiger partial charge in [0.2, 0.25) is 0 Å². The highest BCUT2D eigenvalue weighted by Crippen LogP contribution is 2.28. The molecular weight excluding hydrogens is 312 g/mol. The molecule has 1 aromatic heterocycles. The second-order valence-corrected chi connectivity index (χ2v) is 5.72. The largest absolute Gasteiger partial charge is 0.476 e. The van der Waals surface area contributed by atoms with Gasteiger partial charge in [-0.15, -0.1) is 0 Å². The molecule has 0 bridgehead atoms. The van der Waals surface area contributed by atoms with Crippen molar-refractivity contribution in [2.75, 3.05) is 0 Å². The van der Waals surface area contributed by atoms with E-state index in [2.05, 4.69) is 5.10 Å². The molecule has 5 heteroatoms. The van der Waals surface area contributed by atoms with Crippen molar-refractivity contribution >= 4 is 17.6 Å². The van der Waals surface area contributed by atoms with Crippen LogP contribution in [0.2, 0.25) is 5.02 Å². The number of halogens is 1. The van der Waals surface area contributed by atoms with Crippen molar-refractivity contribution in [2.45, 2.75) is 13.5 Å². The molecule has 3 aromatic rings. The third-order valence-corrected chi connectivity index (χ3v) is 3.90. The second kappa shape index (κ2) is 6.26. The molecule has 0 saturated heterocycles. The summed E-state index contributed by atoms with van der Waals surface area (Å²) in [5, 5.41) is 14.3. The molecule has 0 saturated carbocycles. The van der Waals surface area contributed by atoms with Gasteiger partial charge in [0.05, 0.1) is 12.2 Å². The van der Waals surface area contributed by atoms with E-state index in [1.807, 2.05) is 48.5 Å². The average molecular weight is 327 g/mol. The first kappa shape index (κ1) is 15.3. The number of carboxylic acid groups (broad SMARTS) is 1. The van der Waals surface area contributed by atoms with Crippen molar-refractivity contribution in [2.24, 2.45) is 0 Å². The molecule has 0 spiro atoms. The highest BCUT2D eigenvalue weighted by molar-refractivity contribution is 6.30. The Labute approximate surface area is 139 Å². The quantitative estimate of drug-likeness (QED) is 0.779. The zero-order valence-corrected chi connectivity index (χ0v) is 13.3. The molecule has 0 radical (unpaired) electrons. The van der Waals surface area contributed by atoms with Crippen LogP contribution in [0.15, 0.2) is 54.6 Å². The van der Waals surface area contributed by atoms with Crippen LogP contribution in [0.4, 0.5) is 0 Å². The molecule has 1 N–H and O–H groups in total. The fourth-order valence-corrected chi connectivity index (χ4v) is 2.82. The van der Waals surface area contributed by atoms with E-state index in [1.165, 1.54) is 0 Å². The Kier molecular flexibility index (Phi) is 4.17. The van der Waals surface area contributed by atoms with E-state index >= 15 is 0 Å². The lowest BCUT2D eigenvalue weighted by Gasteiger charge is -2.09. The number of aromatic carboxylic acids is 1. The number of benzene rings is 2. The normalized spacial score (nSPS) is 10.7. The highest BCUT2D eigenvalue weighted by atomic mass is 35.5. The Balaban J connectivity index is 2.14. The molecule has 0 fully saturated rings. The summed E-state index contributed by atoms with van der Waals surface area (Å²) >= 11 is 6.08. The number of carboxylic acids is 1. The fraction of sp³-hybridized carbons (Fsp3) is 0.111. The van der Waals surface area contributed by atoms with Crippen molar-refractivity contribution in [3.05, 3.63) is 76.4 Å². The number of hydrogen-bond donors (Lipinski definition) is 1. The molecule has 1 heterocycles. The van der Waals surface area contributed by atoms with Gasteiger partial charge in [-0.2, -0.15) is 5.10 Å². The number of aromatic nitrogens is 2. The standard InChI is InChI=1S/C18H15ClN2O2/c1-12-16(18(22)23)20-21(11-13-6-3-2-4-7-13)17(12)14-8-5-9-15(19)10-14/h2-10H,11H2,1H3,(H,22,23). The predicted molar refractivity (Wildman–Crippen MR) is 89.9 cm³/mol. The van der Waals surface area contributed by atoms with E-state index < -0.39 is 5.97 Å². The minimum atomic E-state index is -1.03. The topological polar surface area (TPSA) is 55.1 Å². The average Bonchev–Trinajstić information content (AvgIpc) is 2.85. The Hall–Kier alpha value is -2.59. The van der Waals surface area contributed by atoms with Crippen LogP contribution in [-0.4, -0.2) is 20.9 Å². The molecule has 0 amide bonds. The van der Waals surface area contributed by atoms with E-state index in [0.29, 0.717) is 17.1 Å². The molecule has 116 valence electrons. The zero-order chi connectivity index (χ0) is 16.4. The first-order valence-corrected chi connectivity index (χ1v) is 7.54. The van der Waals surface area contributed by atoms with Crippen LogP contribution in [0.3, 0.4) is 0 Å². The summed E-state index contributed by atoms with van der Waals surface area (Å²) in [4.78, 5) is 11.4. The van der Waals surface area contributed by atoms with E-state index in [1.54, 1.807) is 17.7 Å². The minimum Gasteiger partial charge on any atom is -0.476 e. The summed E-state index contributed by atoms with van der Waals surface area (Å²) in [6.07, 6.45) is 0. The van der Waals surface area contributed by atoms with Gasteiger partial charge in [0, 0.05) is 16.1 Å². The molecule has 23 heavy (non-hydrogen) atoms. The summed E-state index contributed by atoms with van der Waals surface area (Å²) in [5.41, 5.74) is 3.38. The van der Waals surface area contributed by atoms with Crippen LogP contribution < -0.4 is 0 Å². The first-order chi connectivity index (χ1) is 11.1. The van der Waals surface area contributed by atoms with E-state index in [9.17, 15) is 9.90 Å². The number of nitrogens with zero attached hydrogens (tertiary/aromatic N) is 2. The van der Waals surface area contributed by atoms with Gasteiger partial charge in [-0.3, -0.25) is 4.68 Å². The summed E-state index contributed by atoms with van der Waals surface area (Å²) in [6, 6.07) is 17.2. The lowest BCUT2D eigenvalue weighted by molar-refractivity contribution is 0.0688. The van der Waals surface area contributed by atoms with Crippen molar-refractivity contribution in [1.29, 1.82) is 0 Å². The molecule has 3 rings (SSSR count). The first-order valence-electron chi connectivity index (χ1n) is 7.17. The van der Waals surface area contributed by atoms with Crippen molar-refractivity contribution in [3.8, 4) is 11.3 Å². The molecule has 0 unspecified atom stereocenters. The monoisotopic (exact) mass is 326 g/mol. The second-order valence-electron chi connectivity index (χ2n) is 5.28. The summed E-state index contributed by atoms with van der Waals surface area (Å²) in [7, 11) is 0. The molecule has 0 aliphatic carbocycles. The zero-order valence-electron chi connectivity index (χ0n) is 12.5. The van der Waals surface area contributed by atoms with Gasteiger partial charge >= 0.3 is 5.97 Å². The Morgan fingerprint density at radius 2 is 1.91 bits per heavy atom. The number of hydrogen-bond acceptors (Lipinski definition) is 2. The van der Waals surface area contributed by atoms with Crippen LogP contribution in [0, 0.1) is 6.92 Å². The van der Waals surface area contributed by atoms with Crippen LogP contribution >= 0.6 is 11.6 Å². The molecule has 0 aliphatic rings. The maximum absolute atomic E-state index is 11.4. The molecular formula is C18H15ClN2O2. The SMILES string of the molecule is Cc1c(C(=O)O)nn(Cc2ccccc2)c1-c1cccc(Cl)c1. The summed E-state index contributed by atoms with van der Waals surface area (Å²) in [5.74, 6) is -1.03. The maximum Gasteiger partial charge on any atom is 0.356 e. The van der Waals surface area contributed by atoms with Gasteiger partial charge in [-0.05, 0) is 24.6 Å². The van der Waals surface area contributed by atoms with Crippen LogP contribution in [0.1, 0.15) is 21.6 Å². The highest BCUT2D eigenvalue weighted by Gasteiger charge is 2.20. The summed E-state index contributed by atoms with van der Waals surface area (Å²) < 4.78 is 1.72. The van der Waals surface area contributed by atoms with Crippen molar-refractivity contribution in [3.63, 3.8) is 0 Å². The molecule has 0 atom stereocenters. The number of carbonyl (C=O) groups is 1. The van der Waals surface area contributed by atoms with E-state index in [0.717, 1.165) is 16.8 Å². The molecule has 0 aliphatic heterocycles.